The van der Waals surface area contributed by atoms with Crippen LogP contribution in [0.5, 0.6) is 11.6 Å². The topological polar surface area (TPSA) is 86.5 Å². The summed E-state index contributed by atoms with van der Waals surface area (Å²) in [7, 11) is 0. The minimum atomic E-state index is -0.231. The lowest BCUT2D eigenvalue weighted by Gasteiger charge is -2.12. The Balaban J connectivity index is 1.21. The Morgan fingerprint density at radius 1 is 0.871 bits per heavy atom. The third-order valence-electron chi connectivity index (χ3n) is 4.42. The second kappa shape index (κ2) is 10.1. The van der Waals surface area contributed by atoms with Gasteiger partial charge in [-0.1, -0.05) is 48.5 Å². The van der Waals surface area contributed by atoms with Crippen LogP contribution in [0.4, 0.5) is 0 Å². The van der Waals surface area contributed by atoms with Crippen LogP contribution < -0.4 is 14.8 Å². The summed E-state index contributed by atoms with van der Waals surface area (Å²) in [6, 6.07) is 24.6. The van der Waals surface area contributed by atoms with E-state index in [1.165, 1.54) is 0 Å². The van der Waals surface area contributed by atoms with E-state index in [-0.39, 0.29) is 19.1 Å². The Morgan fingerprint density at radius 3 is 2.48 bits per heavy atom. The van der Waals surface area contributed by atoms with Crippen molar-refractivity contribution in [1.29, 1.82) is 0 Å². The number of hydrogen-bond acceptors (Lipinski definition) is 6. The Kier molecular flexibility index (Phi) is 6.54. The molecule has 0 saturated heterocycles. The maximum Gasteiger partial charge on any atom is 0.258 e. The highest BCUT2D eigenvalue weighted by Crippen LogP contribution is 2.29. The molecule has 0 saturated carbocycles. The minimum Gasteiger partial charge on any atom is -0.483 e. The first kappa shape index (κ1) is 20.2. The predicted molar refractivity (Wildman–Crippen MR) is 116 cm³/mol. The molecule has 7 nitrogen and oxygen atoms in total. The highest BCUT2D eigenvalue weighted by molar-refractivity contribution is 5.78. The number of hydrogen-bond donors (Lipinski definition) is 1. The van der Waals surface area contributed by atoms with Gasteiger partial charge in [-0.05, 0) is 29.8 Å². The maximum atomic E-state index is 12.1. The van der Waals surface area contributed by atoms with Crippen molar-refractivity contribution in [3.05, 3.63) is 85.1 Å². The molecule has 0 atom stereocenters. The molecule has 0 radical (unpaired) electrons. The number of furan rings is 1. The first-order valence-electron chi connectivity index (χ1n) is 9.84. The van der Waals surface area contributed by atoms with E-state index in [1.807, 2.05) is 54.6 Å². The first-order chi connectivity index (χ1) is 15.3. The quantitative estimate of drug-likeness (QED) is 0.416. The van der Waals surface area contributed by atoms with E-state index in [2.05, 4.69) is 15.5 Å². The van der Waals surface area contributed by atoms with E-state index in [0.717, 1.165) is 11.1 Å². The number of nitrogens with zero attached hydrogens (tertiary/aromatic N) is 2. The maximum absolute atomic E-state index is 12.1. The van der Waals surface area contributed by atoms with Crippen LogP contribution in [0.2, 0.25) is 0 Å². The lowest BCUT2D eigenvalue weighted by Crippen LogP contribution is -2.32. The Morgan fingerprint density at radius 2 is 1.71 bits per heavy atom. The molecule has 0 fully saturated rings. The SMILES string of the molecule is O=C(COc1ccccc1-c1ccccc1)NCCOc1ccc(-c2ccco2)nn1. The number of ether oxygens (including phenoxy) is 2. The summed E-state index contributed by atoms with van der Waals surface area (Å²) >= 11 is 0. The van der Waals surface area contributed by atoms with Crippen molar-refractivity contribution in [3.8, 4) is 34.2 Å². The number of benzene rings is 2. The zero-order valence-electron chi connectivity index (χ0n) is 16.7. The highest BCUT2D eigenvalue weighted by atomic mass is 16.5. The molecule has 1 amide bonds. The first-order valence-corrected chi connectivity index (χ1v) is 9.84. The molecule has 4 rings (SSSR count). The fourth-order valence-electron chi connectivity index (χ4n) is 2.94. The average molecular weight is 415 g/mol. The molecule has 0 spiro atoms. The zero-order valence-corrected chi connectivity index (χ0v) is 16.7. The molecule has 7 heteroatoms. The van der Waals surface area contributed by atoms with Gasteiger partial charge in [0, 0.05) is 11.6 Å². The molecule has 0 aliphatic carbocycles. The minimum absolute atomic E-state index is 0.0818. The molecular weight excluding hydrogens is 394 g/mol. The second-order valence-corrected chi connectivity index (χ2v) is 6.58. The van der Waals surface area contributed by atoms with Crippen LogP contribution in [-0.4, -0.2) is 35.9 Å². The second-order valence-electron chi connectivity index (χ2n) is 6.58. The molecule has 4 aromatic rings. The van der Waals surface area contributed by atoms with E-state index < -0.39 is 0 Å². The van der Waals surface area contributed by atoms with Gasteiger partial charge >= 0.3 is 0 Å². The van der Waals surface area contributed by atoms with Crippen LogP contribution >= 0.6 is 0 Å². The molecule has 31 heavy (non-hydrogen) atoms. The molecule has 156 valence electrons. The standard InChI is InChI=1S/C24H21N3O4/c28-23(17-31-21-10-5-4-9-19(21)18-7-2-1-3-8-18)25-14-16-30-24-13-12-20(26-27-24)22-11-6-15-29-22/h1-13,15H,14,16-17H2,(H,25,28). The van der Waals surface area contributed by atoms with E-state index in [0.29, 0.717) is 29.6 Å². The lowest BCUT2D eigenvalue weighted by atomic mass is 10.1. The fourth-order valence-corrected chi connectivity index (χ4v) is 2.94. The largest absolute Gasteiger partial charge is 0.483 e. The van der Waals surface area contributed by atoms with Crippen molar-refractivity contribution in [1.82, 2.24) is 15.5 Å². The number of carbonyl (C=O) groups is 1. The monoisotopic (exact) mass is 415 g/mol. The van der Waals surface area contributed by atoms with E-state index in [9.17, 15) is 4.79 Å². The van der Waals surface area contributed by atoms with E-state index in [1.54, 1.807) is 30.5 Å². The van der Waals surface area contributed by atoms with Gasteiger partial charge in [0.1, 0.15) is 18.1 Å². The fraction of sp³-hybridized carbons (Fsp3) is 0.125. The third kappa shape index (κ3) is 5.48. The van der Waals surface area contributed by atoms with Crippen molar-refractivity contribution in [3.63, 3.8) is 0 Å². The van der Waals surface area contributed by atoms with Gasteiger partial charge in [-0.3, -0.25) is 4.79 Å². The van der Waals surface area contributed by atoms with Crippen LogP contribution in [-0.2, 0) is 4.79 Å². The molecule has 0 bridgehead atoms. The summed E-state index contributed by atoms with van der Waals surface area (Å²) in [6.07, 6.45) is 1.58. The van der Waals surface area contributed by atoms with Gasteiger partial charge in [-0.15, -0.1) is 10.2 Å². The molecular formula is C24H21N3O4. The Labute approximate surface area is 179 Å². The van der Waals surface area contributed by atoms with Crippen molar-refractivity contribution in [2.75, 3.05) is 19.8 Å². The van der Waals surface area contributed by atoms with E-state index >= 15 is 0 Å². The van der Waals surface area contributed by atoms with Gasteiger partial charge in [0.2, 0.25) is 5.88 Å². The lowest BCUT2D eigenvalue weighted by molar-refractivity contribution is -0.123. The number of aromatic nitrogens is 2. The van der Waals surface area contributed by atoms with Crippen LogP contribution in [0.3, 0.4) is 0 Å². The van der Waals surface area contributed by atoms with E-state index in [4.69, 9.17) is 13.9 Å². The summed E-state index contributed by atoms with van der Waals surface area (Å²) < 4.78 is 16.5. The Hall–Kier alpha value is -4.13. The van der Waals surface area contributed by atoms with Gasteiger partial charge in [0.05, 0.1) is 12.8 Å². The number of amides is 1. The van der Waals surface area contributed by atoms with Crippen molar-refractivity contribution in [2.45, 2.75) is 0 Å². The number of carbonyl (C=O) groups excluding carboxylic acids is 1. The normalized spacial score (nSPS) is 10.5. The smallest absolute Gasteiger partial charge is 0.258 e. The third-order valence-corrected chi connectivity index (χ3v) is 4.42. The van der Waals surface area contributed by atoms with Crippen molar-refractivity contribution in [2.24, 2.45) is 0 Å². The molecule has 0 unspecified atom stereocenters. The number of rotatable bonds is 9. The van der Waals surface area contributed by atoms with Crippen molar-refractivity contribution < 1.29 is 18.7 Å². The summed E-state index contributed by atoms with van der Waals surface area (Å²) in [5.74, 6) is 1.44. The number of para-hydroxylation sites is 1. The summed E-state index contributed by atoms with van der Waals surface area (Å²) in [4.78, 5) is 12.1. The van der Waals surface area contributed by atoms with Crippen molar-refractivity contribution >= 4 is 5.91 Å². The van der Waals surface area contributed by atoms with Gasteiger partial charge in [-0.2, -0.15) is 0 Å². The highest BCUT2D eigenvalue weighted by Gasteiger charge is 2.08. The summed E-state index contributed by atoms with van der Waals surface area (Å²) in [6.45, 7) is 0.507. The summed E-state index contributed by atoms with van der Waals surface area (Å²) in [5.41, 5.74) is 2.60. The Bertz CT molecular complexity index is 1100. The predicted octanol–water partition coefficient (Wildman–Crippen LogP) is 3.98. The molecule has 0 aliphatic heterocycles. The zero-order chi connectivity index (χ0) is 21.3. The van der Waals surface area contributed by atoms with Gasteiger partial charge < -0.3 is 19.2 Å². The summed E-state index contributed by atoms with van der Waals surface area (Å²) in [5, 5.41) is 10.8. The molecule has 2 heterocycles. The molecule has 1 N–H and O–H groups in total. The van der Waals surface area contributed by atoms with Crippen LogP contribution in [0, 0.1) is 0 Å². The van der Waals surface area contributed by atoms with Crippen LogP contribution in [0.1, 0.15) is 0 Å². The molecule has 2 aromatic carbocycles. The molecule has 2 aromatic heterocycles. The molecule has 0 aliphatic rings. The van der Waals surface area contributed by atoms with Crippen LogP contribution in [0.15, 0.2) is 89.5 Å². The number of nitrogens with one attached hydrogen (secondary N) is 1. The average Bonchev–Trinajstić information content (AvgIpc) is 3.37. The van der Waals surface area contributed by atoms with Crippen LogP contribution in [0.25, 0.3) is 22.6 Å². The van der Waals surface area contributed by atoms with Gasteiger partial charge in [0.25, 0.3) is 5.91 Å². The van der Waals surface area contributed by atoms with Gasteiger partial charge in [-0.25, -0.2) is 0 Å². The van der Waals surface area contributed by atoms with Gasteiger partial charge in [0.15, 0.2) is 12.4 Å².